The highest BCUT2D eigenvalue weighted by Gasteiger charge is 2.55. The summed E-state index contributed by atoms with van der Waals surface area (Å²) in [6.07, 6.45) is 0.649. The third-order valence-corrected chi connectivity index (χ3v) is 3.27. The van der Waals surface area contributed by atoms with Crippen molar-refractivity contribution in [2.75, 3.05) is 13.2 Å². The molecule has 0 aromatic heterocycles. The minimum atomic E-state index is -1.55. The van der Waals surface area contributed by atoms with E-state index < -0.39 is 36.0 Å². The van der Waals surface area contributed by atoms with Gasteiger partial charge in [-0.3, -0.25) is 20.2 Å². The van der Waals surface area contributed by atoms with Crippen LogP contribution in [0.5, 0.6) is 0 Å². The average molecular weight is 272 g/mol. The summed E-state index contributed by atoms with van der Waals surface area (Å²) < 4.78 is 5.32. The summed E-state index contributed by atoms with van der Waals surface area (Å²) in [4.78, 5) is 35.4. The lowest BCUT2D eigenvalue weighted by molar-refractivity contribution is -0.160. The van der Waals surface area contributed by atoms with Gasteiger partial charge >= 0.3 is 6.03 Å². The smallest absolute Gasteiger partial charge is 0.328 e. The minimum absolute atomic E-state index is 0.222. The maximum atomic E-state index is 12.1. The molecule has 19 heavy (non-hydrogen) atoms. The Bertz CT molecular complexity index is 349. The van der Waals surface area contributed by atoms with Gasteiger partial charge in [0.25, 0.3) is 0 Å². The van der Waals surface area contributed by atoms with Crippen LogP contribution in [0.3, 0.4) is 0 Å². The maximum Gasteiger partial charge on any atom is 0.328 e. The number of hydrogen-bond acceptors (Lipinski definition) is 5. The molecule has 1 saturated heterocycles. The lowest BCUT2D eigenvalue weighted by Gasteiger charge is -2.38. The summed E-state index contributed by atoms with van der Waals surface area (Å²) in [5.74, 6) is -1.41. The predicted octanol–water partition coefficient (Wildman–Crippen LogP) is -0.0736. The molecule has 0 aromatic rings. The van der Waals surface area contributed by atoms with Crippen LogP contribution in [0.15, 0.2) is 0 Å². The standard InChI is InChI=1S/C12H20N2O5/c1-3-5-6-12(8(7-15)19-4-2)9(16)13-11(18)14-10(12)17/h8,15H,3-7H2,1-2H3,(H2,13,14,16,17,18)/t8-/m1/s1. The molecule has 0 aliphatic carbocycles. The zero-order valence-electron chi connectivity index (χ0n) is 11.2. The Balaban J connectivity index is 3.12. The largest absolute Gasteiger partial charge is 0.394 e. The van der Waals surface area contributed by atoms with Gasteiger partial charge in [-0.1, -0.05) is 19.8 Å². The van der Waals surface area contributed by atoms with Gasteiger partial charge in [0.2, 0.25) is 11.8 Å². The Morgan fingerprint density at radius 3 is 2.21 bits per heavy atom. The van der Waals surface area contributed by atoms with Gasteiger partial charge in [-0.15, -0.1) is 0 Å². The van der Waals surface area contributed by atoms with E-state index in [1.54, 1.807) is 6.92 Å². The monoisotopic (exact) mass is 272 g/mol. The number of imide groups is 2. The first-order chi connectivity index (χ1) is 9.02. The molecular formula is C12H20N2O5. The molecule has 1 heterocycles. The summed E-state index contributed by atoms with van der Waals surface area (Å²) in [7, 11) is 0. The highest BCUT2D eigenvalue weighted by molar-refractivity contribution is 6.19. The van der Waals surface area contributed by atoms with E-state index in [9.17, 15) is 19.5 Å². The SMILES string of the molecule is CCCCC1([C@@H](CO)OCC)C(=O)NC(=O)NC1=O. The van der Waals surface area contributed by atoms with Gasteiger partial charge in [0.05, 0.1) is 6.61 Å². The summed E-state index contributed by atoms with van der Waals surface area (Å²) in [5, 5.41) is 13.6. The van der Waals surface area contributed by atoms with E-state index >= 15 is 0 Å². The van der Waals surface area contributed by atoms with Crippen LogP contribution in [-0.2, 0) is 14.3 Å². The van der Waals surface area contributed by atoms with Gasteiger partial charge in [0, 0.05) is 6.61 Å². The second-order valence-corrected chi connectivity index (χ2v) is 4.44. The molecule has 1 fully saturated rings. The van der Waals surface area contributed by atoms with Crippen molar-refractivity contribution >= 4 is 17.8 Å². The Kier molecular flexibility index (Phi) is 5.44. The second-order valence-electron chi connectivity index (χ2n) is 4.44. The molecule has 1 aliphatic rings. The molecule has 7 nitrogen and oxygen atoms in total. The first kappa shape index (κ1) is 15.6. The molecule has 0 spiro atoms. The van der Waals surface area contributed by atoms with Crippen molar-refractivity contribution in [3.8, 4) is 0 Å². The van der Waals surface area contributed by atoms with Crippen LogP contribution in [-0.4, -0.2) is 42.3 Å². The highest BCUT2D eigenvalue weighted by Crippen LogP contribution is 2.33. The minimum Gasteiger partial charge on any atom is -0.394 e. The van der Waals surface area contributed by atoms with Gasteiger partial charge < -0.3 is 9.84 Å². The molecule has 4 amide bonds. The second kappa shape index (κ2) is 6.63. The number of aliphatic hydroxyl groups is 1. The quantitative estimate of drug-likeness (QED) is 0.562. The number of ether oxygens (including phenoxy) is 1. The zero-order chi connectivity index (χ0) is 14.5. The lowest BCUT2D eigenvalue weighted by Crippen LogP contribution is -2.67. The fraction of sp³-hybridized carbons (Fsp3) is 0.750. The lowest BCUT2D eigenvalue weighted by atomic mass is 9.74. The molecule has 1 aliphatic heterocycles. The molecular weight excluding hydrogens is 252 g/mol. The van der Waals surface area contributed by atoms with Crippen molar-refractivity contribution in [2.24, 2.45) is 5.41 Å². The van der Waals surface area contributed by atoms with Gasteiger partial charge in [-0.2, -0.15) is 0 Å². The van der Waals surface area contributed by atoms with Gasteiger partial charge in [-0.25, -0.2) is 4.79 Å². The van der Waals surface area contributed by atoms with Crippen LogP contribution in [0.25, 0.3) is 0 Å². The Labute approximate surface area is 111 Å². The molecule has 3 N–H and O–H groups in total. The zero-order valence-corrected chi connectivity index (χ0v) is 11.2. The van der Waals surface area contributed by atoms with E-state index in [0.717, 1.165) is 6.42 Å². The number of amides is 4. The van der Waals surface area contributed by atoms with Crippen LogP contribution in [0.1, 0.15) is 33.1 Å². The van der Waals surface area contributed by atoms with Crippen LogP contribution >= 0.6 is 0 Å². The number of nitrogens with one attached hydrogen (secondary N) is 2. The number of barbiturate groups is 1. The molecule has 7 heteroatoms. The molecule has 1 atom stereocenters. The van der Waals surface area contributed by atoms with Crippen molar-refractivity contribution < 1.29 is 24.2 Å². The summed E-state index contributed by atoms with van der Waals surface area (Å²) >= 11 is 0. The van der Waals surface area contributed by atoms with Crippen LogP contribution < -0.4 is 10.6 Å². The molecule has 0 aromatic carbocycles. The first-order valence-corrected chi connectivity index (χ1v) is 6.42. The van der Waals surface area contributed by atoms with Crippen LogP contribution in [0.4, 0.5) is 4.79 Å². The summed E-state index contributed by atoms with van der Waals surface area (Å²) in [6, 6.07) is -0.838. The maximum absolute atomic E-state index is 12.1. The van der Waals surface area contributed by atoms with Crippen molar-refractivity contribution in [2.45, 2.75) is 39.2 Å². The van der Waals surface area contributed by atoms with Gasteiger partial charge in [-0.05, 0) is 13.3 Å². The topological polar surface area (TPSA) is 105 Å². The third kappa shape index (κ3) is 2.93. The number of carbonyl (C=O) groups excluding carboxylic acids is 3. The van der Waals surface area contributed by atoms with E-state index in [2.05, 4.69) is 10.6 Å². The predicted molar refractivity (Wildman–Crippen MR) is 66.1 cm³/mol. The molecule has 0 bridgehead atoms. The van der Waals surface area contributed by atoms with Gasteiger partial charge in [0.1, 0.15) is 6.10 Å². The van der Waals surface area contributed by atoms with Crippen molar-refractivity contribution in [1.82, 2.24) is 10.6 Å². The number of urea groups is 1. The number of unbranched alkanes of at least 4 members (excludes halogenated alkanes) is 1. The van der Waals surface area contributed by atoms with Crippen LogP contribution in [0, 0.1) is 5.41 Å². The number of rotatable bonds is 7. The van der Waals surface area contributed by atoms with E-state index in [-0.39, 0.29) is 13.0 Å². The Morgan fingerprint density at radius 1 is 1.21 bits per heavy atom. The number of hydrogen-bond donors (Lipinski definition) is 3. The van der Waals surface area contributed by atoms with Crippen LogP contribution in [0.2, 0.25) is 0 Å². The van der Waals surface area contributed by atoms with Crippen molar-refractivity contribution in [3.05, 3.63) is 0 Å². The third-order valence-electron chi connectivity index (χ3n) is 3.27. The van der Waals surface area contributed by atoms with Gasteiger partial charge in [0.15, 0.2) is 5.41 Å². The fourth-order valence-corrected chi connectivity index (χ4v) is 2.25. The first-order valence-electron chi connectivity index (χ1n) is 6.42. The molecule has 108 valence electrons. The normalized spacial score (nSPS) is 19.8. The summed E-state index contributed by atoms with van der Waals surface area (Å²) in [6.45, 7) is 3.42. The van der Waals surface area contributed by atoms with E-state index in [4.69, 9.17) is 4.74 Å². The average Bonchev–Trinajstić information content (AvgIpc) is 2.36. The van der Waals surface area contributed by atoms with E-state index in [1.165, 1.54) is 0 Å². The fourth-order valence-electron chi connectivity index (χ4n) is 2.25. The van der Waals surface area contributed by atoms with Crippen molar-refractivity contribution in [3.63, 3.8) is 0 Å². The van der Waals surface area contributed by atoms with Crippen molar-refractivity contribution in [1.29, 1.82) is 0 Å². The molecule has 0 unspecified atom stereocenters. The highest BCUT2D eigenvalue weighted by atomic mass is 16.5. The molecule has 0 saturated carbocycles. The Hall–Kier alpha value is -1.47. The molecule has 1 rings (SSSR count). The van der Waals surface area contributed by atoms with E-state index in [0.29, 0.717) is 6.42 Å². The Morgan fingerprint density at radius 2 is 1.79 bits per heavy atom. The summed E-state index contributed by atoms with van der Waals surface area (Å²) in [5.41, 5.74) is -1.55. The van der Waals surface area contributed by atoms with E-state index in [1.807, 2.05) is 6.92 Å². The number of carbonyl (C=O) groups is 3. The number of aliphatic hydroxyl groups excluding tert-OH is 1. The molecule has 0 radical (unpaired) electrons.